The summed E-state index contributed by atoms with van der Waals surface area (Å²) in [4.78, 5) is 10.6. The van der Waals surface area contributed by atoms with Gasteiger partial charge in [-0.1, -0.05) is 13.8 Å². The van der Waals surface area contributed by atoms with Gasteiger partial charge in [0.05, 0.1) is 6.42 Å². The molecule has 1 fully saturated rings. The summed E-state index contributed by atoms with van der Waals surface area (Å²) in [7, 11) is 0. The van der Waals surface area contributed by atoms with Crippen molar-refractivity contribution in [1.29, 1.82) is 0 Å². The zero-order chi connectivity index (χ0) is 9.41. The highest BCUT2D eigenvalue weighted by molar-refractivity contribution is 5.68. The maximum atomic E-state index is 10.6. The monoisotopic (exact) mass is 171 g/mol. The third kappa shape index (κ3) is 1.22. The molecule has 1 aliphatic rings. The van der Waals surface area contributed by atoms with Crippen LogP contribution in [0.15, 0.2) is 0 Å². The second-order valence-corrected chi connectivity index (χ2v) is 4.44. The molecule has 0 heterocycles. The maximum absolute atomic E-state index is 10.6. The second kappa shape index (κ2) is 2.73. The van der Waals surface area contributed by atoms with Crippen LogP contribution in [0.3, 0.4) is 0 Å². The lowest BCUT2D eigenvalue weighted by atomic mass is 9.50. The highest BCUT2D eigenvalue weighted by Crippen LogP contribution is 2.57. The molecule has 0 spiro atoms. The van der Waals surface area contributed by atoms with Gasteiger partial charge in [-0.15, -0.1) is 0 Å². The smallest absolute Gasteiger partial charge is 0.303 e. The molecule has 0 saturated heterocycles. The van der Waals surface area contributed by atoms with Gasteiger partial charge in [0.25, 0.3) is 0 Å². The first-order valence-electron chi connectivity index (χ1n) is 4.35. The second-order valence-electron chi connectivity index (χ2n) is 4.44. The predicted octanol–water partition coefficient (Wildman–Crippen LogP) is 1.23. The first-order chi connectivity index (χ1) is 5.43. The molecule has 12 heavy (non-hydrogen) atoms. The number of nitrogens with two attached hydrogens (primary N) is 1. The Balaban J connectivity index is 2.71. The number of hydrogen-bond donors (Lipinski definition) is 2. The predicted molar refractivity (Wildman–Crippen MR) is 46.8 cm³/mol. The van der Waals surface area contributed by atoms with Gasteiger partial charge >= 0.3 is 5.97 Å². The van der Waals surface area contributed by atoms with Crippen molar-refractivity contribution in [3.05, 3.63) is 0 Å². The molecule has 3 heteroatoms. The zero-order valence-electron chi connectivity index (χ0n) is 7.76. The molecule has 0 aromatic heterocycles. The van der Waals surface area contributed by atoms with Gasteiger partial charge in [-0.2, -0.15) is 0 Å². The molecule has 0 unspecified atom stereocenters. The Labute approximate surface area is 72.9 Å². The van der Waals surface area contributed by atoms with E-state index < -0.39 is 5.97 Å². The van der Waals surface area contributed by atoms with E-state index in [0.29, 0.717) is 6.54 Å². The van der Waals surface area contributed by atoms with Crippen LogP contribution in [0.4, 0.5) is 0 Å². The highest BCUT2D eigenvalue weighted by atomic mass is 16.4. The minimum atomic E-state index is -0.728. The number of carboxylic acid groups (broad SMARTS) is 1. The van der Waals surface area contributed by atoms with E-state index in [1.54, 1.807) is 0 Å². The van der Waals surface area contributed by atoms with Crippen LogP contribution in [-0.2, 0) is 4.79 Å². The van der Waals surface area contributed by atoms with Crippen LogP contribution >= 0.6 is 0 Å². The summed E-state index contributed by atoms with van der Waals surface area (Å²) < 4.78 is 0. The van der Waals surface area contributed by atoms with Crippen molar-refractivity contribution < 1.29 is 9.90 Å². The summed E-state index contributed by atoms with van der Waals surface area (Å²) in [6.07, 6.45) is 2.27. The van der Waals surface area contributed by atoms with Gasteiger partial charge in [0.15, 0.2) is 0 Å². The van der Waals surface area contributed by atoms with Crippen molar-refractivity contribution in [1.82, 2.24) is 0 Å². The average Bonchev–Trinajstić information content (AvgIpc) is 1.97. The third-order valence-electron chi connectivity index (χ3n) is 3.54. The van der Waals surface area contributed by atoms with Gasteiger partial charge in [0.2, 0.25) is 0 Å². The fourth-order valence-electron chi connectivity index (χ4n) is 2.05. The maximum Gasteiger partial charge on any atom is 0.303 e. The molecule has 1 rings (SSSR count). The summed E-state index contributed by atoms with van der Waals surface area (Å²) in [6.45, 7) is 4.70. The minimum absolute atomic E-state index is 0.111. The Morgan fingerprint density at radius 2 is 2.08 bits per heavy atom. The fraction of sp³-hybridized carbons (Fsp3) is 0.889. The molecule has 1 saturated carbocycles. The molecule has 0 aliphatic heterocycles. The van der Waals surface area contributed by atoms with Gasteiger partial charge in [-0.05, 0) is 30.2 Å². The summed E-state index contributed by atoms with van der Waals surface area (Å²) in [5.74, 6) is -0.728. The lowest BCUT2D eigenvalue weighted by Gasteiger charge is -2.55. The lowest BCUT2D eigenvalue weighted by Crippen LogP contribution is -2.53. The first kappa shape index (κ1) is 9.52. The Bertz CT molecular complexity index is 197. The quantitative estimate of drug-likeness (QED) is 0.671. The molecule has 0 bridgehead atoms. The van der Waals surface area contributed by atoms with E-state index in [9.17, 15) is 4.79 Å². The van der Waals surface area contributed by atoms with Gasteiger partial charge in [0, 0.05) is 0 Å². The van der Waals surface area contributed by atoms with Crippen molar-refractivity contribution >= 4 is 5.97 Å². The van der Waals surface area contributed by atoms with Crippen molar-refractivity contribution in [2.24, 2.45) is 16.6 Å². The van der Waals surface area contributed by atoms with E-state index in [2.05, 4.69) is 13.8 Å². The Morgan fingerprint density at radius 1 is 1.50 bits per heavy atom. The molecule has 70 valence electrons. The van der Waals surface area contributed by atoms with E-state index in [1.165, 1.54) is 0 Å². The number of hydrogen-bond acceptors (Lipinski definition) is 2. The minimum Gasteiger partial charge on any atom is -0.481 e. The van der Waals surface area contributed by atoms with Gasteiger partial charge in [-0.25, -0.2) is 0 Å². The Hall–Kier alpha value is -0.570. The normalized spacial score (nSPS) is 32.6. The van der Waals surface area contributed by atoms with E-state index in [0.717, 1.165) is 12.8 Å². The molecule has 3 N–H and O–H groups in total. The molecule has 0 aromatic carbocycles. The summed E-state index contributed by atoms with van der Waals surface area (Å²) in [5.41, 5.74) is 5.60. The molecular formula is C9H17NO2. The fourth-order valence-corrected chi connectivity index (χ4v) is 2.05. The molecular weight excluding hydrogens is 154 g/mol. The van der Waals surface area contributed by atoms with E-state index in [1.807, 2.05) is 0 Å². The van der Waals surface area contributed by atoms with Gasteiger partial charge < -0.3 is 10.8 Å². The molecule has 1 aliphatic carbocycles. The highest BCUT2D eigenvalue weighted by Gasteiger charge is 2.52. The summed E-state index contributed by atoms with van der Waals surface area (Å²) in [5, 5.41) is 8.72. The van der Waals surface area contributed by atoms with Crippen molar-refractivity contribution in [2.45, 2.75) is 33.1 Å². The van der Waals surface area contributed by atoms with Crippen LogP contribution in [-0.4, -0.2) is 17.6 Å². The zero-order valence-corrected chi connectivity index (χ0v) is 7.76. The van der Waals surface area contributed by atoms with E-state index in [4.69, 9.17) is 10.8 Å². The van der Waals surface area contributed by atoms with E-state index in [-0.39, 0.29) is 17.3 Å². The van der Waals surface area contributed by atoms with Crippen molar-refractivity contribution in [3.8, 4) is 0 Å². The van der Waals surface area contributed by atoms with Crippen LogP contribution in [0.1, 0.15) is 33.1 Å². The molecule has 0 radical (unpaired) electrons. The number of carboxylic acids is 1. The van der Waals surface area contributed by atoms with Crippen LogP contribution < -0.4 is 5.73 Å². The van der Waals surface area contributed by atoms with Crippen LogP contribution in [0.2, 0.25) is 0 Å². The topological polar surface area (TPSA) is 63.3 Å². The first-order valence-corrected chi connectivity index (χ1v) is 4.35. The van der Waals surface area contributed by atoms with E-state index >= 15 is 0 Å². The Morgan fingerprint density at radius 3 is 2.17 bits per heavy atom. The molecule has 1 atom stereocenters. The van der Waals surface area contributed by atoms with Gasteiger partial charge in [-0.3, -0.25) is 4.79 Å². The number of aliphatic carboxylic acids is 1. The average molecular weight is 171 g/mol. The number of rotatable bonds is 3. The van der Waals surface area contributed by atoms with Crippen LogP contribution in [0, 0.1) is 10.8 Å². The van der Waals surface area contributed by atoms with Crippen molar-refractivity contribution in [3.63, 3.8) is 0 Å². The Kier molecular flexibility index (Phi) is 2.17. The third-order valence-corrected chi connectivity index (χ3v) is 3.54. The standard InChI is InChI=1S/C9H17NO2/c1-8(2)3-4-9(8,6-10)5-7(11)12/h3-6,10H2,1-2H3,(H,11,12)/t9-/m0/s1. The van der Waals surface area contributed by atoms with Gasteiger partial charge in [0.1, 0.15) is 0 Å². The SMILES string of the molecule is CC1(C)CC[C@@]1(CN)CC(=O)O. The van der Waals surface area contributed by atoms with Crippen LogP contribution in [0.5, 0.6) is 0 Å². The molecule has 0 amide bonds. The largest absolute Gasteiger partial charge is 0.481 e. The lowest BCUT2D eigenvalue weighted by molar-refractivity contribution is -0.147. The van der Waals surface area contributed by atoms with Crippen LogP contribution in [0.25, 0.3) is 0 Å². The summed E-state index contributed by atoms with van der Waals surface area (Å²) >= 11 is 0. The molecule has 3 nitrogen and oxygen atoms in total. The number of carbonyl (C=O) groups is 1. The summed E-state index contributed by atoms with van der Waals surface area (Å²) in [6, 6.07) is 0. The van der Waals surface area contributed by atoms with Crippen molar-refractivity contribution in [2.75, 3.05) is 6.54 Å². The molecule has 0 aromatic rings.